The molecule has 16 nitrogen and oxygen atoms in total. The minimum absolute atomic E-state index is 0.0205. The highest BCUT2D eigenvalue weighted by Crippen LogP contribution is 2.38. The molecule has 280 valence electrons. The van der Waals surface area contributed by atoms with Gasteiger partial charge in [-0.3, -0.25) is 14.9 Å². The van der Waals surface area contributed by atoms with E-state index < -0.39 is 36.1 Å². The molecule has 2 fully saturated rings. The number of nitrogens with zero attached hydrogens (tertiary/aromatic N) is 2. The fourth-order valence-corrected chi connectivity index (χ4v) is 5.86. The predicted octanol–water partition coefficient (Wildman–Crippen LogP) is 3.27. The third-order valence-electron chi connectivity index (χ3n) is 8.28. The van der Waals surface area contributed by atoms with Crippen LogP contribution in [0.2, 0.25) is 0 Å². The number of amides is 4. The Morgan fingerprint density at radius 1 is 0.827 bits per heavy atom. The number of hydrogen-bond acceptors (Lipinski definition) is 12. The van der Waals surface area contributed by atoms with Crippen LogP contribution in [0.4, 0.5) is 15.3 Å². The molecule has 5 N–H and O–H groups in total. The minimum Gasteiger partial charge on any atom is -0.493 e. The number of carbonyl (C=O) groups is 4. The molecule has 0 spiro atoms. The molecule has 0 bridgehead atoms. The largest absolute Gasteiger partial charge is 0.493 e. The fraction of sp³-hybridized carbons (Fsp3) is 0.389. The standard InChI is InChI=1S/C36H44N4O12/c1-6-8-51-36(46)38-27-15-31(29(47-4)13-25(27)33(43)39-17-21(2)11-23(39)19-41)49-9-7-10-50-32-16-28(52-35(37)45)26(14-30(32)48-5)34(44)40-18-22(3)12-24(40)20-42/h6,13-16,23-24,41-42H,1-3,7-12,17-20H2,4-5H3,(H2,37,45)(H,38,46)/t23-,24-/m0/s1. The van der Waals surface area contributed by atoms with Crippen LogP contribution in [0.1, 0.15) is 40.0 Å². The van der Waals surface area contributed by atoms with E-state index in [0.717, 1.165) is 11.1 Å². The molecule has 4 rings (SSSR count). The smallest absolute Gasteiger partial charge is 0.411 e. The van der Waals surface area contributed by atoms with Gasteiger partial charge in [0.2, 0.25) is 0 Å². The number of carbonyl (C=O) groups excluding carboxylic acids is 4. The Labute approximate surface area is 300 Å². The molecule has 0 aliphatic carbocycles. The summed E-state index contributed by atoms with van der Waals surface area (Å²) in [7, 11) is 2.78. The zero-order chi connectivity index (χ0) is 37.9. The number of hydrogen-bond donors (Lipinski definition) is 4. The maximum absolute atomic E-state index is 13.7. The van der Waals surface area contributed by atoms with E-state index >= 15 is 0 Å². The number of anilines is 1. The average molecular weight is 725 g/mol. The second kappa shape index (κ2) is 18.0. The zero-order valence-corrected chi connectivity index (χ0v) is 29.2. The summed E-state index contributed by atoms with van der Waals surface area (Å²) in [5.41, 5.74) is 6.99. The van der Waals surface area contributed by atoms with E-state index in [9.17, 15) is 29.4 Å². The fourth-order valence-electron chi connectivity index (χ4n) is 5.86. The number of likely N-dealkylation sites (tertiary alicyclic amines) is 2. The Hall–Kier alpha value is -5.74. The summed E-state index contributed by atoms with van der Waals surface area (Å²) in [4.78, 5) is 54.3. The van der Waals surface area contributed by atoms with Gasteiger partial charge in [0, 0.05) is 37.7 Å². The zero-order valence-electron chi connectivity index (χ0n) is 29.2. The van der Waals surface area contributed by atoms with Crippen molar-refractivity contribution in [1.82, 2.24) is 9.80 Å². The number of aliphatic hydroxyl groups is 2. The lowest BCUT2D eigenvalue weighted by atomic mass is 10.1. The van der Waals surface area contributed by atoms with Crippen molar-refractivity contribution in [2.45, 2.75) is 31.3 Å². The Bertz CT molecular complexity index is 1710. The Morgan fingerprint density at radius 2 is 1.35 bits per heavy atom. The van der Waals surface area contributed by atoms with Gasteiger partial charge in [-0.2, -0.15) is 0 Å². The van der Waals surface area contributed by atoms with Crippen LogP contribution in [-0.2, 0) is 4.74 Å². The number of nitrogens with one attached hydrogen (secondary N) is 1. The van der Waals surface area contributed by atoms with Crippen LogP contribution in [0, 0.1) is 0 Å². The molecular formula is C36H44N4O12. The van der Waals surface area contributed by atoms with Crippen LogP contribution in [0.15, 0.2) is 61.2 Å². The van der Waals surface area contributed by atoms with Gasteiger partial charge in [0.25, 0.3) is 11.8 Å². The lowest BCUT2D eigenvalue weighted by Gasteiger charge is -2.25. The number of ether oxygens (including phenoxy) is 6. The quantitative estimate of drug-likeness (QED) is 0.145. The topological polar surface area (TPSA) is 209 Å². The van der Waals surface area contributed by atoms with Crippen LogP contribution in [0.25, 0.3) is 0 Å². The summed E-state index contributed by atoms with van der Waals surface area (Å²) in [6, 6.07) is 4.59. The molecule has 2 atom stereocenters. The van der Waals surface area contributed by atoms with Crippen molar-refractivity contribution < 1.29 is 57.8 Å². The number of benzene rings is 2. The van der Waals surface area contributed by atoms with Crippen molar-refractivity contribution in [2.75, 3.05) is 65.7 Å². The van der Waals surface area contributed by atoms with Gasteiger partial charge >= 0.3 is 12.2 Å². The molecule has 0 saturated carbocycles. The molecule has 52 heavy (non-hydrogen) atoms. The van der Waals surface area contributed by atoms with E-state index in [4.69, 9.17) is 34.2 Å². The first-order valence-corrected chi connectivity index (χ1v) is 16.3. The Morgan fingerprint density at radius 3 is 1.85 bits per heavy atom. The van der Waals surface area contributed by atoms with Crippen molar-refractivity contribution >= 4 is 29.7 Å². The van der Waals surface area contributed by atoms with Crippen molar-refractivity contribution in [3.8, 4) is 28.7 Å². The normalized spacial score (nSPS) is 16.7. The van der Waals surface area contributed by atoms with Gasteiger partial charge in [0.15, 0.2) is 23.0 Å². The van der Waals surface area contributed by atoms with Gasteiger partial charge in [0.05, 0.1) is 69.5 Å². The summed E-state index contributed by atoms with van der Waals surface area (Å²) in [5, 5.41) is 22.2. The molecule has 16 heteroatoms. The first-order chi connectivity index (χ1) is 24.9. The molecule has 0 aromatic heterocycles. The summed E-state index contributed by atoms with van der Waals surface area (Å²) in [6.07, 6.45) is 0.595. The van der Waals surface area contributed by atoms with Crippen molar-refractivity contribution in [1.29, 1.82) is 0 Å². The van der Waals surface area contributed by atoms with Gasteiger partial charge in [-0.05, 0) is 18.9 Å². The van der Waals surface area contributed by atoms with E-state index in [1.54, 1.807) is 0 Å². The highest BCUT2D eigenvalue weighted by Gasteiger charge is 2.35. The molecule has 0 unspecified atom stereocenters. The molecule has 2 saturated heterocycles. The number of primary amides is 1. The Kier molecular flexibility index (Phi) is 13.5. The van der Waals surface area contributed by atoms with Gasteiger partial charge in [-0.25, -0.2) is 9.59 Å². The van der Waals surface area contributed by atoms with Crippen molar-refractivity contribution in [3.63, 3.8) is 0 Å². The van der Waals surface area contributed by atoms with Crippen LogP contribution < -0.4 is 34.7 Å². The SMILES string of the molecule is C=CCOC(=O)Nc1cc(OCCCOc2cc(OC(N)=O)c(C(=O)N3CC(=C)C[C@H]3CO)cc2OC)c(OC)cc1C(=O)N1CC(=C)C[C@H]1CO. The van der Waals surface area contributed by atoms with E-state index in [1.807, 2.05) is 0 Å². The summed E-state index contributed by atoms with van der Waals surface area (Å²) in [5.74, 6) is -0.417. The number of methoxy groups -OCH3 is 2. The van der Waals surface area contributed by atoms with Crippen molar-refractivity contribution in [3.05, 3.63) is 72.4 Å². The average Bonchev–Trinajstić information content (AvgIpc) is 3.71. The van der Waals surface area contributed by atoms with E-state index in [1.165, 1.54) is 54.4 Å². The Balaban J connectivity index is 1.50. The number of aliphatic hydroxyl groups excluding tert-OH is 2. The lowest BCUT2D eigenvalue weighted by molar-refractivity contribution is 0.0671. The monoisotopic (exact) mass is 724 g/mol. The first-order valence-electron chi connectivity index (χ1n) is 16.3. The first kappa shape index (κ1) is 39.1. The maximum Gasteiger partial charge on any atom is 0.411 e. The summed E-state index contributed by atoms with van der Waals surface area (Å²) >= 11 is 0. The molecular weight excluding hydrogens is 680 g/mol. The van der Waals surface area contributed by atoms with Gasteiger partial charge < -0.3 is 54.2 Å². The van der Waals surface area contributed by atoms with Crippen LogP contribution >= 0.6 is 0 Å². The third-order valence-corrected chi connectivity index (χ3v) is 8.28. The molecule has 4 amide bonds. The minimum atomic E-state index is -1.15. The third kappa shape index (κ3) is 9.32. The maximum atomic E-state index is 13.7. The molecule has 2 aromatic rings. The molecule has 0 radical (unpaired) electrons. The molecule has 2 aromatic carbocycles. The molecule has 2 heterocycles. The number of nitrogens with two attached hydrogens (primary N) is 1. The highest BCUT2D eigenvalue weighted by molar-refractivity contribution is 6.04. The van der Waals surface area contributed by atoms with Gasteiger partial charge in [-0.1, -0.05) is 37.0 Å². The van der Waals surface area contributed by atoms with Gasteiger partial charge in [0.1, 0.15) is 12.4 Å². The second-order valence-electron chi connectivity index (χ2n) is 12.0. The molecule has 2 aliphatic rings. The van der Waals surface area contributed by atoms with Crippen LogP contribution in [0.5, 0.6) is 28.7 Å². The van der Waals surface area contributed by atoms with E-state index in [-0.39, 0.29) is 91.7 Å². The highest BCUT2D eigenvalue weighted by atomic mass is 16.6. The molecule has 2 aliphatic heterocycles. The van der Waals surface area contributed by atoms with Crippen LogP contribution in [0.3, 0.4) is 0 Å². The second-order valence-corrected chi connectivity index (χ2v) is 12.0. The summed E-state index contributed by atoms with van der Waals surface area (Å²) in [6.45, 7) is 11.4. The number of rotatable bonds is 16. The summed E-state index contributed by atoms with van der Waals surface area (Å²) < 4.78 is 33.1. The van der Waals surface area contributed by atoms with Gasteiger partial charge in [-0.15, -0.1) is 0 Å². The van der Waals surface area contributed by atoms with Crippen molar-refractivity contribution in [2.24, 2.45) is 5.73 Å². The van der Waals surface area contributed by atoms with Crippen LogP contribution in [-0.4, -0.2) is 116 Å². The van der Waals surface area contributed by atoms with E-state index in [0.29, 0.717) is 19.3 Å². The lowest BCUT2D eigenvalue weighted by Crippen LogP contribution is -2.38. The predicted molar refractivity (Wildman–Crippen MR) is 188 cm³/mol. The van der Waals surface area contributed by atoms with E-state index in [2.05, 4.69) is 25.1 Å².